The van der Waals surface area contributed by atoms with Gasteiger partial charge >= 0.3 is 0 Å². The fourth-order valence-corrected chi connectivity index (χ4v) is 3.03. The fraction of sp³-hybridized carbons (Fsp3) is 0.467. The number of hydrogen-bond donors (Lipinski definition) is 2. The summed E-state index contributed by atoms with van der Waals surface area (Å²) in [4.78, 5) is 0. The van der Waals surface area contributed by atoms with Gasteiger partial charge < -0.3 is 9.73 Å². The van der Waals surface area contributed by atoms with Crippen molar-refractivity contribution >= 4 is 21.0 Å². The van der Waals surface area contributed by atoms with Crippen molar-refractivity contribution in [2.75, 3.05) is 19.3 Å². The third kappa shape index (κ3) is 3.64. The highest BCUT2D eigenvalue weighted by Crippen LogP contribution is 2.30. The van der Waals surface area contributed by atoms with E-state index in [4.69, 9.17) is 4.42 Å². The molecular formula is C15H22N2O3S. The van der Waals surface area contributed by atoms with E-state index in [0.29, 0.717) is 6.54 Å². The molecule has 1 aromatic heterocycles. The Bertz CT molecular complexity index is 707. The van der Waals surface area contributed by atoms with Crippen LogP contribution in [-0.4, -0.2) is 27.8 Å². The van der Waals surface area contributed by atoms with Gasteiger partial charge in [-0.1, -0.05) is 25.1 Å². The van der Waals surface area contributed by atoms with Crippen LogP contribution in [0.15, 0.2) is 28.7 Å². The van der Waals surface area contributed by atoms with Crippen LogP contribution in [0.25, 0.3) is 11.0 Å². The normalized spacial score (nSPS) is 13.7. The first-order chi connectivity index (χ1) is 9.98. The molecule has 1 aromatic carbocycles. The number of furan rings is 1. The third-order valence-electron chi connectivity index (χ3n) is 3.61. The van der Waals surface area contributed by atoms with E-state index in [-0.39, 0.29) is 11.8 Å². The Hall–Kier alpha value is -1.37. The van der Waals surface area contributed by atoms with Crippen molar-refractivity contribution < 1.29 is 12.8 Å². The first kappa shape index (κ1) is 16.0. The highest BCUT2D eigenvalue weighted by molar-refractivity contribution is 7.89. The predicted octanol–water partition coefficient (Wildman–Crippen LogP) is 2.19. The quantitative estimate of drug-likeness (QED) is 0.822. The second kappa shape index (κ2) is 6.60. The molecule has 1 heterocycles. The van der Waals surface area contributed by atoms with Gasteiger partial charge in [-0.3, -0.25) is 0 Å². The minimum atomic E-state index is -3.18. The van der Waals surface area contributed by atoms with E-state index < -0.39 is 10.0 Å². The molecule has 0 radical (unpaired) electrons. The van der Waals surface area contributed by atoms with Gasteiger partial charge in [-0.25, -0.2) is 13.1 Å². The zero-order valence-corrected chi connectivity index (χ0v) is 13.5. The average molecular weight is 310 g/mol. The summed E-state index contributed by atoms with van der Waals surface area (Å²) in [5.74, 6) is 0.941. The number of sulfonamides is 1. The topological polar surface area (TPSA) is 71.3 Å². The van der Waals surface area contributed by atoms with Crippen LogP contribution in [0.4, 0.5) is 0 Å². The van der Waals surface area contributed by atoms with Crippen LogP contribution in [0, 0.1) is 0 Å². The van der Waals surface area contributed by atoms with Crippen molar-refractivity contribution in [3.8, 4) is 0 Å². The second-order valence-corrected chi connectivity index (χ2v) is 7.04. The molecule has 2 N–H and O–H groups in total. The number of nitrogens with one attached hydrogen (secondary N) is 2. The van der Waals surface area contributed by atoms with Crippen LogP contribution >= 0.6 is 0 Å². The van der Waals surface area contributed by atoms with E-state index in [1.165, 1.54) is 12.6 Å². The molecule has 1 unspecified atom stereocenters. The Morgan fingerprint density at radius 2 is 2.00 bits per heavy atom. The lowest BCUT2D eigenvalue weighted by atomic mass is 10.1. The van der Waals surface area contributed by atoms with Gasteiger partial charge in [0, 0.05) is 17.5 Å². The Labute approximate surface area is 125 Å². The van der Waals surface area contributed by atoms with Crippen LogP contribution in [0.2, 0.25) is 0 Å². The number of fused-ring (bicyclic) bond motifs is 1. The number of hydrogen-bond acceptors (Lipinski definition) is 4. The van der Waals surface area contributed by atoms with Crippen molar-refractivity contribution in [1.82, 2.24) is 10.0 Å². The highest BCUT2D eigenvalue weighted by atomic mass is 32.2. The summed E-state index contributed by atoms with van der Waals surface area (Å²) < 4.78 is 31.1. The van der Waals surface area contributed by atoms with Gasteiger partial charge in [0.1, 0.15) is 11.3 Å². The minimum Gasteiger partial charge on any atom is -0.459 e. The van der Waals surface area contributed by atoms with E-state index in [0.717, 1.165) is 23.2 Å². The molecule has 0 saturated heterocycles. The first-order valence-corrected chi connectivity index (χ1v) is 8.78. The number of para-hydroxylation sites is 1. The lowest BCUT2D eigenvalue weighted by molar-refractivity contribution is 0.453. The standard InChI is InChI=1S/C15H22N2O3S/c1-4-12-13-7-5-6-8-14(13)20-15(12)11(2)17-9-10-21(18,19)16-3/h5-8,11,16-17H,4,9-10H2,1-3H3. The van der Waals surface area contributed by atoms with E-state index in [9.17, 15) is 8.42 Å². The Morgan fingerprint density at radius 1 is 1.29 bits per heavy atom. The fourth-order valence-electron chi connectivity index (χ4n) is 2.44. The maximum Gasteiger partial charge on any atom is 0.212 e. The monoisotopic (exact) mass is 310 g/mol. The summed E-state index contributed by atoms with van der Waals surface area (Å²) in [5, 5.41) is 4.34. The van der Waals surface area contributed by atoms with Gasteiger partial charge in [-0.15, -0.1) is 0 Å². The summed E-state index contributed by atoms with van der Waals surface area (Å²) in [6.07, 6.45) is 0.882. The zero-order valence-electron chi connectivity index (χ0n) is 12.6. The van der Waals surface area contributed by atoms with Crippen molar-refractivity contribution in [3.05, 3.63) is 35.6 Å². The van der Waals surface area contributed by atoms with E-state index in [1.807, 2.05) is 25.1 Å². The summed E-state index contributed by atoms with van der Waals surface area (Å²) in [6.45, 7) is 4.46. The molecule has 6 heteroatoms. The van der Waals surface area contributed by atoms with Crippen LogP contribution in [0.5, 0.6) is 0 Å². The molecule has 2 rings (SSSR count). The van der Waals surface area contributed by atoms with Crippen LogP contribution < -0.4 is 10.0 Å². The maximum absolute atomic E-state index is 11.4. The van der Waals surface area contributed by atoms with Gasteiger partial charge in [0.25, 0.3) is 0 Å². The molecule has 0 aliphatic rings. The van der Waals surface area contributed by atoms with Crippen LogP contribution in [0.1, 0.15) is 31.2 Å². The van der Waals surface area contributed by atoms with Gasteiger partial charge in [0.15, 0.2) is 0 Å². The first-order valence-electron chi connectivity index (χ1n) is 7.13. The molecular weight excluding hydrogens is 288 g/mol. The summed E-state index contributed by atoms with van der Waals surface area (Å²) in [6, 6.07) is 7.93. The summed E-state index contributed by atoms with van der Waals surface area (Å²) in [5.41, 5.74) is 2.06. The molecule has 2 aromatic rings. The molecule has 1 atom stereocenters. The summed E-state index contributed by atoms with van der Waals surface area (Å²) in [7, 11) is -1.76. The number of benzene rings is 1. The van der Waals surface area contributed by atoms with Crippen LogP contribution in [0.3, 0.4) is 0 Å². The van der Waals surface area contributed by atoms with Crippen molar-refractivity contribution in [2.24, 2.45) is 0 Å². The molecule has 0 saturated carbocycles. The van der Waals surface area contributed by atoms with Crippen LogP contribution in [-0.2, 0) is 16.4 Å². The molecule has 116 valence electrons. The maximum atomic E-state index is 11.4. The molecule has 0 amide bonds. The van der Waals surface area contributed by atoms with Gasteiger partial charge in [0.2, 0.25) is 10.0 Å². The van der Waals surface area contributed by atoms with Crippen molar-refractivity contribution in [1.29, 1.82) is 0 Å². The van der Waals surface area contributed by atoms with Gasteiger partial charge in [-0.2, -0.15) is 0 Å². The molecule has 21 heavy (non-hydrogen) atoms. The lowest BCUT2D eigenvalue weighted by Crippen LogP contribution is -2.31. The SMILES string of the molecule is CCc1c(C(C)NCCS(=O)(=O)NC)oc2ccccc12. The van der Waals surface area contributed by atoms with E-state index >= 15 is 0 Å². The smallest absolute Gasteiger partial charge is 0.212 e. The Balaban J connectivity index is 2.14. The number of aryl methyl sites for hydroxylation is 1. The van der Waals surface area contributed by atoms with Crippen molar-refractivity contribution in [3.63, 3.8) is 0 Å². The minimum absolute atomic E-state index is 0.0283. The average Bonchev–Trinajstić information content (AvgIpc) is 2.85. The second-order valence-electron chi connectivity index (χ2n) is 4.99. The summed E-state index contributed by atoms with van der Waals surface area (Å²) >= 11 is 0. The largest absolute Gasteiger partial charge is 0.459 e. The molecule has 0 aliphatic heterocycles. The van der Waals surface area contributed by atoms with E-state index in [1.54, 1.807) is 0 Å². The molecule has 0 bridgehead atoms. The number of rotatable bonds is 7. The zero-order chi connectivity index (χ0) is 15.5. The molecule has 0 fully saturated rings. The highest BCUT2D eigenvalue weighted by Gasteiger charge is 2.18. The Morgan fingerprint density at radius 3 is 2.67 bits per heavy atom. The third-order valence-corrected chi connectivity index (χ3v) is 4.97. The van der Waals surface area contributed by atoms with Gasteiger partial charge in [0.05, 0.1) is 11.8 Å². The van der Waals surface area contributed by atoms with Gasteiger partial charge in [-0.05, 0) is 26.5 Å². The predicted molar refractivity (Wildman–Crippen MR) is 84.9 cm³/mol. The molecule has 0 spiro atoms. The van der Waals surface area contributed by atoms with Crippen molar-refractivity contribution in [2.45, 2.75) is 26.3 Å². The van der Waals surface area contributed by atoms with E-state index in [2.05, 4.69) is 23.0 Å². The Kier molecular flexibility index (Phi) is 5.03. The molecule has 0 aliphatic carbocycles. The lowest BCUT2D eigenvalue weighted by Gasteiger charge is -2.13. The molecule has 5 nitrogen and oxygen atoms in total.